The van der Waals surface area contributed by atoms with E-state index in [1.807, 2.05) is 5.38 Å². The van der Waals surface area contributed by atoms with E-state index in [4.69, 9.17) is 10.5 Å². The second-order valence-electron chi connectivity index (χ2n) is 2.21. The molecule has 0 amide bonds. The molecule has 2 rings (SSSR count). The van der Waals surface area contributed by atoms with Crippen LogP contribution >= 0.6 is 11.3 Å². The monoisotopic (exact) mass is 169 g/mol. The van der Waals surface area contributed by atoms with Gasteiger partial charge in [-0.2, -0.15) is 0 Å². The summed E-state index contributed by atoms with van der Waals surface area (Å²) in [5, 5.41) is 1.95. The molecule has 0 radical (unpaired) electrons. The minimum atomic E-state index is 0.0150. The summed E-state index contributed by atoms with van der Waals surface area (Å²) in [4.78, 5) is 8.16. The Balaban J connectivity index is 2.20. The molecule has 11 heavy (non-hydrogen) atoms. The summed E-state index contributed by atoms with van der Waals surface area (Å²) in [6, 6.07) is 0.282. The summed E-state index contributed by atoms with van der Waals surface area (Å²) in [7, 11) is 0. The number of aromatic nitrogens is 1. The van der Waals surface area contributed by atoms with Crippen molar-refractivity contribution in [2.24, 2.45) is 10.7 Å². The lowest BCUT2D eigenvalue weighted by Crippen LogP contribution is -2.10. The number of ether oxygens (including phenoxy) is 1. The van der Waals surface area contributed by atoms with Gasteiger partial charge in [0.2, 0.25) is 0 Å². The second-order valence-corrected chi connectivity index (χ2v) is 2.93. The van der Waals surface area contributed by atoms with Gasteiger partial charge in [-0.3, -0.25) is 0 Å². The molecule has 1 aliphatic rings. The molecule has 1 atom stereocenters. The SMILES string of the molecule is NC1=NC(c2cscn2)CO1. The number of amidine groups is 1. The minimum absolute atomic E-state index is 0.0150. The van der Waals surface area contributed by atoms with Gasteiger partial charge in [0.15, 0.2) is 0 Å². The van der Waals surface area contributed by atoms with Gasteiger partial charge in [0.1, 0.15) is 12.6 Å². The predicted molar refractivity (Wildman–Crippen MR) is 42.4 cm³/mol. The van der Waals surface area contributed by atoms with Gasteiger partial charge in [-0.05, 0) is 0 Å². The summed E-state index contributed by atoms with van der Waals surface area (Å²) in [5.41, 5.74) is 8.05. The molecule has 2 N–H and O–H groups in total. The molecule has 0 spiro atoms. The maximum Gasteiger partial charge on any atom is 0.282 e. The zero-order valence-corrected chi connectivity index (χ0v) is 6.54. The fourth-order valence-electron chi connectivity index (χ4n) is 0.930. The predicted octanol–water partition coefficient (Wildman–Crippen LogP) is 0.529. The summed E-state index contributed by atoms with van der Waals surface area (Å²) in [6.07, 6.45) is 0. The molecule has 1 aromatic heterocycles. The highest BCUT2D eigenvalue weighted by Gasteiger charge is 2.19. The molecular formula is C6H7N3OS. The van der Waals surface area contributed by atoms with Gasteiger partial charge < -0.3 is 10.5 Å². The van der Waals surface area contributed by atoms with E-state index >= 15 is 0 Å². The van der Waals surface area contributed by atoms with Gasteiger partial charge in [-0.25, -0.2) is 9.98 Å². The highest BCUT2D eigenvalue weighted by molar-refractivity contribution is 7.07. The highest BCUT2D eigenvalue weighted by Crippen LogP contribution is 2.20. The van der Waals surface area contributed by atoms with E-state index in [-0.39, 0.29) is 12.1 Å². The third-order valence-electron chi connectivity index (χ3n) is 1.46. The Bertz CT molecular complexity index is 269. The van der Waals surface area contributed by atoms with E-state index < -0.39 is 0 Å². The molecule has 1 unspecified atom stereocenters. The Morgan fingerprint density at radius 3 is 3.18 bits per heavy atom. The zero-order chi connectivity index (χ0) is 7.68. The van der Waals surface area contributed by atoms with E-state index in [0.29, 0.717) is 6.61 Å². The second kappa shape index (κ2) is 2.50. The Kier molecular flexibility index (Phi) is 1.50. The first-order chi connectivity index (χ1) is 5.36. The van der Waals surface area contributed by atoms with Crippen molar-refractivity contribution in [3.63, 3.8) is 0 Å². The van der Waals surface area contributed by atoms with E-state index in [2.05, 4.69) is 9.98 Å². The number of hydrogen-bond acceptors (Lipinski definition) is 5. The summed E-state index contributed by atoms with van der Waals surface area (Å²) < 4.78 is 4.98. The highest BCUT2D eigenvalue weighted by atomic mass is 32.1. The van der Waals surface area contributed by atoms with Gasteiger partial charge in [0.25, 0.3) is 6.02 Å². The van der Waals surface area contributed by atoms with Crippen molar-refractivity contribution in [3.8, 4) is 0 Å². The van der Waals surface area contributed by atoms with Gasteiger partial charge in [-0.15, -0.1) is 11.3 Å². The lowest BCUT2D eigenvalue weighted by atomic mass is 10.3. The number of nitrogens with two attached hydrogens (primary N) is 1. The fraction of sp³-hybridized carbons (Fsp3) is 0.333. The number of rotatable bonds is 1. The first-order valence-electron chi connectivity index (χ1n) is 3.20. The molecule has 0 saturated carbocycles. The van der Waals surface area contributed by atoms with Crippen molar-refractivity contribution < 1.29 is 4.74 Å². The van der Waals surface area contributed by atoms with Crippen LogP contribution in [-0.4, -0.2) is 17.6 Å². The minimum Gasteiger partial charge on any atom is -0.463 e. The Morgan fingerprint density at radius 1 is 1.73 bits per heavy atom. The smallest absolute Gasteiger partial charge is 0.282 e. The van der Waals surface area contributed by atoms with Gasteiger partial charge in [-0.1, -0.05) is 0 Å². The van der Waals surface area contributed by atoms with Crippen LogP contribution in [0.25, 0.3) is 0 Å². The number of aliphatic imine (C=N–C) groups is 1. The van der Waals surface area contributed by atoms with Crippen molar-refractivity contribution in [2.75, 3.05) is 6.61 Å². The molecule has 0 aromatic carbocycles. The summed E-state index contributed by atoms with van der Waals surface area (Å²) in [6.45, 7) is 0.523. The van der Waals surface area contributed by atoms with Gasteiger partial charge in [0.05, 0.1) is 11.2 Å². The molecule has 4 nitrogen and oxygen atoms in total. The maximum absolute atomic E-state index is 5.33. The Morgan fingerprint density at radius 2 is 2.64 bits per heavy atom. The zero-order valence-electron chi connectivity index (χ0n) is 5.73. The molecule has 0 saturated heterocycles. The van der Waals surface area contributed by atoms with Crippen LogP contribution < -0.4 is 5.73 Å². The van der Waals surface area contributed by atoms with Crippen molar-refractivity contribution >= 4 is 17.4 Å². The van der Waals surface area contributed by atoms with Crippen molar-refractivity contribution in [2.45, 2.75) is 6.04 Å². The van der Waals surface area contributed by atoms with E-state index in [1.165, 1.54) is 0 Å². The average Bonchev–Trinajstić information content (AvgIpc) is 2.55. The standard InChI is InChI=1S/C6H7N3OS/c7-6-9-4(1-10-6)5-2-11-3-8-5/h2-4H,1H2,(H2,7,9). The van der Waals surface area contributed by atoms with Crippen LogP contribution in [0, 0.1) is 0 Å². The van der Waals surface area contributed by atoms with Crippen LogP contribution in [0.1, 0.15) is 11.7 Å². The number of hydrogen-bond donors (Lipinski definition) is 1. The molecule has 0 fully saturated rings. The lowest BCUT2D eigenvalue weighted by Gasteiger charge is -1.97. The molecule has 0 aliphatic carbocycles. The van der Waals surface area contributed by atoms with Crippen LogP contribution in [0.2, 0.25) is 0 Å². The average molecular weight is 169 g/mol. The fourth-order valence-corrected chi connectivity index (χ4v) is 1.53. The lowest BCUT2D eigenvalue weighted by molar-refractivity contribution is 0.313. The molecule has 5 heteroatoms. The Labute approximate surface area is 67.7 Å². The molecule has 1 aliphatic heterocycles. The van der Waals surface area contributed by atoms with Crippen LogP contribution in [0.3, 0.4) is 0 Å². The normalized spacial score (nSPS) is 22.9. The summed E-state index contributed by atoms with van der Waals surface area (Å²) >= 11 is 1.55. The van der Waals surface area contributed by atoms with E-state index in [0.717, 1.165) is 5.69 Å². The van der Waals surface area contributed by atoms with E-state index in [1.54, 1.807) is 16.8 Å². The summed E-state index contributed by atoms with van der Waals surface area (Å²) in [5.74, 6) is 0. The van der Waals surface area contributed by atoms with Crippen LogP contribution in [-0.2, 0) is 4.74 Å². The maximum atomic E-state index is 5.33. The largest absolute Gasteiger partial charge is 0.463 e. The van der Waals surface area contributed by atoms with Crippen molar-refractivity contribution in [3.05, 3.63) is 16.6 Å². The topological polar surface area (TPSA) is 60.5 Å². The molecular weight excluding hydrogens is 162 g/mol. The third kappa shape index (κ3) is 1.19. The van der Waals surface area contributed by atoms with Crippen molar-refractivity contribution in [1.82, 2.24) is 4.98 Å². The van der Waals surface area contributed by atoms with E-state index in [9.17, 15) is 0 Å². The van der Waals surface area contributed by atoms with Gasteiger partial charge in [0, 0.05) is 5.38 Å². The third-order valence-corrected chi connectivity index (χ3v) is 2.07. The quantitative estimate of drug-likeness (QED) is 0.667. The first kappa shape index (κ1) is 6.60. The van der Waals surface area contributed by atoms with Crippen LogP contribution in [0.4, 0.5) is 0 Å². The molecule has 2 heterocycles. The molecule has 58 valence electrons. The first-order valence-corrected chi connectivity index (χ1v) is 4.14. The molecule has 1 aromatic rings. The van der Waals surface area contributed by atoms with Crippen LogP contribution in [0.15, 0.2) is 15.9 Å². The van der Waals surface area contributed by atoms with Gasteiger partial charge >= 0.3 is 0 Å². The molecule has 0 bridgehead atoms. The Hall–Kier alpha value is -1.10. The number of thiazole rings is 1. The van der Waals surface area contributed by atoms with Crippen molar-refractivity contribution in [1.29, 1.82) is 0 Å². The number of nitrogens with zero attached hydrogens (tertiary/aromatic N) is 2. The van der Waals surface area contributed by atoms with Crippen LogP contribution in [0.5, 0.6) is 0 Å².